The quantitative estimate of drug-likeness (QED) is 0.772. The maximum absolute atomic E-state index is 5.44. The van der Waals surface area contributed by atoms with E-state index in [4.69, 9.17) is 5.73 Å². The molecule has 1 heterocycles. The highest BCUT2D eigenvalue weighted by atomic mass is 32.1. The molecule has 0 atom stereocenters. The molecule has 1 rings (SSSR count). The summed E-state index contributed by atoms with van der Waals surface area (Å²) in [5.74, 6) is 0. The molecule has 0 aliphatic heterocycles. The van der Waals surface area contributed by atoms with E-state index in [1.54, 1.807) is 0 Å². The fourth-order valence-electron chi connectivity index (χ4n) is 1.02. The van der Waals surface area contributed by atoms with Crippen LogP contribution in [0.3, 0.4) is 0 Å². The van der Waals surface area contributed by atoms with Crippen molar-refractivity contribution >= 4 is 16.3 Å². The molecule has 0 saturated carbocycles. The SMILES string of the molecule is CN(C)c1ccc(CCCN)s1. The molecule has 0 radical (unpaired) electrons. The van der Waals surface area contributed by atoms with Crippen molar-refractivity contribution in [3.05, 3.63) is 17.0 Å². The van der Waals surface area contributed by atoms with Gasteiger partial charge in [-0.1, -0.05) is 0 Å². The summed E-state index contributed by atoms with van der Waals surface area (Å²) in [6.07, 6.45) is 2.21. The highest BCUT2D eigenvalue weighted by molar-refractivity contribution is 7.16. The van der Waals surface area contributed by atoms with Gasteiger partial charge in [-0.05, 0) is 31.5 Å². The van der Waals surface area contributed by atoms with Gasteiger partial charge in [0.25, 0.3) is 0 Å². The first kappa shape index (κ1) is 9.55. The molecule has 12 heavy (non-hydrogen) atoms. The van der Waals surface area contributed by atoms with Crippen molar-refractivity contribution in [3.8, 4) is 0 Å². The van der Waals surface area contributed by atoms with Crippen molar-refractivity contribution in [3.63, 3.8) is 0 Å². The lowest BCUT2D eigenvalue weighted by Crippen LogP contribution is -2.05. The number of nitrogens with two attached hydrogens (primary N) is 1. The van der Waals surface area contributed by atoms with Crippen molar-refractivity contribution in [1.29, 1.82) is 0 Å². The van der Waals surface area contributed by atoms with E-state index in [-0.39, 0.29) is 0 Å². The van der Waals surface area contributed by atoms with Gasteiger partial charge in [-0.2, -0.15) is 0 Å². The number of hydrogen-bond acceptors (Lipinski definition) is 3. The minimum Gasteiger partial charge on any atom is -0.370 e. The summed E-state index contributed by atoms with van der Waals surface area (Å²) in [7, 11) is 4.14. The summed E-state index contributed by atoms with van der Waals surface area (Å²) < 4.78 is 0. The van der Waals surface area contributed by atoms with Crippen molar-refractivity contribution in [2.45, 2.75) is 12.8 Å². The molecular weight excluding hydrogens is 168 g/mol. The monoisotopic (exact) mass is 184 g/mol. The number of rotatable bonds is 4. The van der Waals surface area contributed by atoms with Crippen molar-refractivity contribution < 1.29 is 0 Å². The standard InChI is InChI=1S/C9H16N2S/c1-11(2)9-6-5-8(12-9)4-3-7-10/h5-6H,3-4,7,10H2,1-2H3. The van der Waals surface area contributed by atoms with Gasteiger partial charge in [0.1, 0.15) is 0 Å². The van der Waals surface area contributed by atoms with Gasteiger partial charge in [-0.25, -0.2) is 0 Å². The van der Waals surface area contributed by atoms with E-state index in [9.17, 15) is 0 Å². The van der Waals surface area contributed by atoms with E-state index in [0.717, 1.165) is 19.4 Å². The van der Waals surface area contributed by atoms with E-state index >= 15 is 0 Å². The molecule has 0 spiro atoms. The molecule has 0 bridgehead atoms. The maximum Gasteiger partial charge on any atom is 0.0906 e. The summed E-state index contributed by atoms with van der Waals surface area (Å²) in [6.45, 7) is 0.787. The highest BCUT2D eigenvalue weighted by Gasteiger charge is 2.00. The molecule has 2 nitrogen and oxygen atoms in total. The predicted octanol–water partition coefficient (Wildman–Crippen LogP) is 1.71. The lowest BCUT2D eigenvalue weighted by molar-refractivity contribution is 0.843. The molecule has 0 unspecified atom stereocenters. The molecule has 0 fully saturated rings. The molecule has 1 aromatic heterocycles. The Labute approximate surface area is 78.0 Å². The zero-order valence-corrected chi connectivity index (χ0v) is 8.53. The lowest BCUT2D eigenvalue weighted by Gasteiger charge is -2.07. The van der Waals surface area contributed by atoms with Gasteiger partial charge in [-0.3, -0.25) is 0 Å². The molecule has 68 valence electrons. The van der Waals surface area contributed by atoms with Gasteiger partial charge < -0.3 is 10.6 Å². The summed E-state index contributed by atoms with van der Waals surface area (Å²) in [4.78, 5) is 3.57. The van der Waals surface area contributed by atoms with E-state index in [1.165, 1.54) is 9.88 Å². The van der Waals surface area contributed by atoms with Gasteiger partial charge in [0.2, 0.25) is 0 Å². The second-order valence-corrected chi connectivity index (χ2v) is 4.17. The first-order valence-electron chi connectivity index (χ1n) is 4.20. The Morgan fingerprint density at radius 3 is 2.67 bits per heavy atom. The molecular formula is C9H16N2S. The molecule has 3 heteroatoms. The molecule has 0 aromatic carbocycles. The maximum atomic E-state index is 5.44. The lowest BCUT2D eigenvalue weighted by atomic mass is 10.3. The van der Waals surface area contributed by atoms with Crippen LogP contribution < -0.4 is 10.6 Å². The van der Waals surface area contributed by atoms with Crippen LogP contribution in [0.25, 0.3) is 0 Å². The topological polar surface area (TPSA) is 29.3 Å². The molecule has 0 saturated heterocycles. The van der Waals surface area contributed by atoms with Crippen LogP contribution in [0.5, 0.6) is 0 Å². The largest absolute Gasteiger partial charge is 0.370 e. The fraction of sp³-hybridized carbons (Fsp3) is 0.556. The van der Waals surface area contributed by atoms with E-state index in [1.807, 2.05) is 11.3 Å². The summed E-state index contributed by atoms with van der Waals surface area (Å²) in [6, 6.07) is 4.35. The average Bonchev–Trinajstić information content (AvgIpc) is 2.48. The van der Waals surface area contributed by atoms with Gasteiger partial charge in [-0.15, -0.1) is 11.3 Å². The number of anilines is 1. The second kappa shape index (κ2) is 4.48. The number of thiophene rings is 1. The van der Waals surface area contributed by atoms with Gasteiger partial charge in [0.15, 0.2) is 0 Å². The predicted molar refractivity (Wildman–Crippen MR) is 56.0 cm³/mol. The summed E-state index contributed by atoms with van der Waals surface area (Å²) in [5.41, 5.74) is 5.44. The van der Waals surface area contributed by atoms with Crippen LogP contribution >= 0.6 is 11.3 Å². The Morgan fingerprint density at radius 2 is 2.17 bits per heavy atom. The van der Waals surface area contributed by atoms with E-state index < -0.39 is 0 Å². The van der Waals surface area contributed by atoms with Crippen LogP contribution in [0.1, 0.15) is 11.3 Å². The van der Waals surface area contributed by atoms with Crippen molar-refractivity contribution in [2.24, 2.45) is 5.73 Å². The first-order valence-corrected chi connectivity index (χ1v) is 5.02. The van der Waals surface area contributed by atoms with Crippen LogP contribution in [0.2, 0.25) is 0 Å². The van der Waals surface area contributed by atoms with Crippen LogP contribution in [-0.4, -0.2) is 20.6 Å². The number of aryl methyl sites for hydroxylation is 1. The minimum atomic E-state index is 0.787. The third kappa shape index (κ3) is 2.50. The normalized spacial score (nSPS) is 10.2. The molecule has 0 aliphatic rings. The second-order valence-electron chi connectivity index (χ2n) is 3.03. The Balaban J connectivity index is 2.52. The Bertz CT molecular complexity index is 230. The van der Waals surface area contributed by atoms with Crippen LogP contribution in [0.15, 0.2) is 12.1 Å². The average molecular weight is 184 g/mol. The minimum absolute atomic E-state index is 0.787. The van der Waals surface area contributed by atoms with Crippen LogP contribution in [-0.2, 0) is 6.42 Å². The van der Waals surface area contributed by atoms with Crippen molar-refractivity contribution in [1.82, 2.24) is 0 Å². The van der Waals surface area contributed by atoms with Crippen molar-refractivity contribution in [2.75, 3.05) is 25.5 Å². The summed E-state index contributed by atoms with van der Waals surface area (Å²) >= 11 is 1.85. The Kier molecular flexibility index (Phi) is 3.56. The zero-order valence-electron chi connectivity index (χ0n) is 7.71. The van der Waals surface area contributed by atoms with Crippen LogP contribution in [0.4, 0.5) is 5.00 Å². The zero-order chi connectivity index (χ0) is 8.97. The van der Waals surface area contributed by atoms with Crippen LogP contribution in [0, 0.1) is 0 Å². The third-order valence-corrected chi connectivity index (χ3v) is 3.03. The third-order valence-electron chi connectivity index (χ3n) is 1.72. The molecule has 2 N–H and O–H groups in total. The number of nitrogens with zero attached hydrogens (tertiary/aromatic N) is 1. The fourth-order valence-corrected chi connectivity index (χ4v) is 1.99. The molecule has 0 aliphatic carbocycles. The molecule has 0 amide bonds. The van der Waals surface area contributed by atoms with E-state index in [0.29, 0.717) is 0 Å². The molecule has 1 aromatic rings. The van der Waals surface area contributed by atoms with Gasteiger partial charge >= 0.3 is 0 Å². The smallest absolute Gasteiger partial charge is 0.0906 e. The summed E-state index contributed by atoms with van der Waals surface area (Å²) in [5, 5.41) is 1.32. The van der Waals surface area contributed by atoms with Gasteiger partial charge in [0, 0.05) is 19.0 Å². The Hall–Kier alpha value is -0.540. The Morgan fingerprint density at radius 1 is 1.42 bits per heavy atom. The first-order chi connectivity index (χ1) is 5.74. The van der Waals surface area contributed by atoms with Gasteiger partial charge in [0.05, 0.1) is 5.00 Å². The van der Waals surface area contributed by atoms with E-state index in [2.05, 4.69) is 31.1 Å². The highest BCUT2D eigenvalue weighted by Crippen LogP contribution is 2.24. The number of hydrogen-bond donors (Lipinski definition) is 1.